The predicted molar refractivity (Wildman–Crippen MR) is 73.8 cm³/mol. The summed E-state index contributed by atoms with van der Waals surface area (Å²) >= 11 is 0. The van der Waals surface area contributed by atoms with Gasteiger partial charge in [-0.3, -0.25) is 4.79 Å². The van der Waals surface area contributed by atoms with Gasteiger partial charge in [0, 0.05) is 13.7 Å². The lowest BCUT2D eigenvalue weighted by molar-refractivity contribution is -0.125. The normalized spacial score (nSPS) is 12.6. The maximum absolute atomic E-state index is 11.6. The minimum Gasteiger partial charge on any atom is -0.375 e. The van der Waals surface area contributed by atoms with Crippen LogP contribution in [-0.2, 0) is 16.1 Å². The van der Waals surface area contributed by atoms with Crippen LogP contribution in [-0.4, -0.2) is 29.2 Å². The number of fused-ring (bicyclic) bond motifs is 1. The fourth-order valence-corrected chi connectivity index (χ4v) is 2.24. The quantitative estimate of drug-likeness (QED) is 0.894. The maximum atomic E-state index is 11.6. The highest BCUT2D eigenvalue weighted by Crippen LogP contribution is 2.20. The Morgan fingerprint density at radius 1 is 1.47 bits per heavy atom. The molecule has 19 heavy (non-hydrogen) atoms. The molecule has 0 aliphatic carbocycles. The van der Waals surface area contributed by atoms with Crippen LogP contribution in [0.15, 0.2) is 24.3 Å². The van der Waals surface area contributed by atoms with Gasteiger partial charge >= 0.3 is 0 Å². The first-order valence-corrected chi connectivity index (χ1v) is 6.40. The van der Waals surface area contributed by atoms with Crippen molar-refractivity contribution >= 4 is 16.9 Å². The van der Waals surface area contributed by atoms with E-state index in [0.717, 1.165) is 23.4 Å². The summed E-state index contributed by atoms with van der Waals surface area (Å²) in [5.41, 5.74) is 2.04. The smallest absolute Gasteiger partial charge is 0.246 e. The molecule has 1 heterocycles. The van der Waals surface area contributed by atoms with Crippen LogP contribution in [0.2, 0.25) is 0 Å². The molecule has 1 atom stereocenters. The Kier molecular flexibility index (Phi) is 4.16. The Balaban J connectivity index is 2.30. The zero-order valence-corrected chi connectivity index (χ0v) is 11.5. The van der Waals surface area contributed by atoms with E-state index < -0.39 is 0 Å². The Morgan fingerprint density at radius 3 is 2.89 bits per heavy atom. The second kappa shape index (κ2) is 5.84. The summed E-state index contributed by atoms with van der Waals surface area (Å²) < 4.78 is 6.93. The van der Waals surface area contributed by atoms with Gasteiger partial charge in [-0.2, -0.15) is 0 Å². The number of rotatable bonds is 5. The molecule has 0 aliphatic rings. The highest BCUT2D eigenvalue weighted by atomic mass is 16.5. The van der Waals surface area contributed by atoms with E-state index in [9.17, 15) is 4.79 Å². The van der Waals surface area contributed by atoms with Crippen LogP contribution in [0, 0.1) is 0 Å². The highest BCUT2D eigenvalue weighted by molar-refractivity contribution is 5.78. The third kappa shape index (κ3) is 2.76. The largest absolute Gasteiger partial charge is 0.375 e. The van der Waals surface area contributed by atoms with E-state index in [0.29, 0.717) is 0 Å². The molecule has 2 rings (SSSR count). The number of aryl methyl sites for hydroxylation is 1. The zero-order chi connectivity index (χ0) is 13.8. The maximum Gasteiger partial charge on any atom is 0.246 e. The summed E-state index contributed by atoms with van der Waals surface area (Å²) in [5, 5.41) is 2.89. The van der Waals surface area contributed by atoms with E-state index in [-0.39, 0.29) is 18.6 Å². The second-order valence-electron chi connectivity index (χ2n) is 4.43. The molecule has 0 fully saturated rings. The molecule has 1 aromatic carbocycles. The monoisotopic (exact) mass is 261 g/mol. The lowest BCUT2D eigenvalue weighted by Gasteiger charge is -2.15. The van der Waals surface area contributed by atoms with Crippen LogP contribution in [0.1, 0.15) is 25.7 Å². The molecule has 5 heteroatoms. The van der Waals surface area contributed by atoms with E-state index in [1.54, 1.807) is 0 Å². The molecule has 2 aromatic rings. The first-order valence-electron chi connectivity index (χ1n) is 6.40. The van der Waals surface area contributed by atoms with Crippen LogP contribution in [0.3, 0.4) is 0 Å². The lowest BCUT2D eigenvalue weighted by Crippen LogP contribution is -2.31. The summed E-state index contributed by atoms with van der Waals surface area (Å²) in [6.07, 6.45) is 0. The molecule has 0 radical (unpaired) electrons. The molecule has 0 spiro atoms. The van der Waals surface area contributed by atoms with Crippen LogP contribution < -0.4 is 5.32 Å². The molecule has 0 saturated heterocycles. The summed E-state index contributed by atoms with van der Waals surface area (Å²) in [6, 6.07) is 7.84. The number of imidazole rings is 1. The molecular weight excluding hydrogens is 242 g/mol. The molecule has 0 aliphatic heterocycles. The number of nitrogens with zero attached hydrogens (tertiary/aromatic N) is 2. The first-order chi connectivity index (χ1) is 9.17. The minimum absolute atomic E-state index is 0.0662. The number of carbonyl (C=O) groups excluding carboxylic acids is 1. The number of methoxy groups -OCH3 is 1. The van der Waals surface area contributed by atoms with Crippen LogP contribution in [0.4, 0.5) is 0 Å². The van der Waals surface area contributed by atoms with Crippen molar-refractivity contribution in [3.05, 3.63) is 30.1 Å². The van der Waals surface area contributed by atoms with Gasteiger partial charge in [0.25, 0.3) is 0 Å². The van der Waals surface area contributed by atoms with Gasteiger partial charge in [-0.1, -0.05) is 12.1 Å². The lowest BCUT2D eigenvalue weighted by atomic mass is 10.3. The Hall–Kier alpha value is -1.88. The molecule has 0 unspecified atom stereocenters. The number of aromatic nitrogens is 2. The topological polar surface area (TPSA) is 56.2 Å². The summed E-state index contributed by atoms with van der Waals surface area (Å²) in [6.45, 7) is 4.89. The molecule has 0 saturated carbocycles. The summed E-state index contributed by atoms with van der Waals surface area (Å²) in [4.78, 5) is 16.2. The molecule has 5 nitrogen and oxygen atoms in total. The third-order valence-electron chi connectivity index (χ3n) is 3.04. The van der Waals surface area contributed by atoms with E-state index in [4.69, 9.17) is 4.74 Å². The van der Waals surface area contributed by atoms with Crippen molar-refractivity contribution < 1.29 is 9.53 Å². The van der Waals surface area contributed by atoms with Gasteiger partial charge in [0.05, 0.1) is 17.1 Å². The van der Waals surface area contributed by atoms with Crippen molar-refractivity contribution in [2.24, 2.45) is 0 Å². The SMILES string of the molecule is CCn1c([C@H](C)NC(=O)COC)nc2ccccc21. The Labute approximate surface area is 112 Å². The molecular formula is C14H19N3O2. The summed E-state index contributed by atoms with van der Waals surface area (Å²) in [5.74, 6) is 0.734. The van der Waals surface area contributed by atoms with Crippen molar-refractivity contribution in [3.63, 3.8) is 0 Å². The number of carbonyl (C=O) groups is 1. The zero-order valence-electron chi connectivity index (χ0n) is 11.5. The van der Waals surface area contributed by atoms with Gasteiger partial charge in [0.1, 0.15) is 12.4 Å². The van der Waals surface area contributed by atoms with E-state index >= 15 is 0 Å². The Morgan fingerprint density at radius 2 is 2.21 bits per heavy atom. The van der Waals surface area contributed by atoms with Gasteiger partial charge in [-0.15, -0.1) is 0 Å². The fourth-order valence-electron chi connectivity index (χ4n) is 2.24. The van der Waals surface area contributed by atoms with Gasteiger partial charge in [0.15, 0.2) is 0 Å². The minimum atomic E-state index is -0.144. The third-order valence-corrected chi connectivity index (χ3v) is 3.04. The average molecular weight is 261 g/mol. The van der Waals surface area contributed by atoms with Crippen molar-refractivity contribution in [2.75, 3.05) is 13.7 Å². The summed E-state index contributed by atoms with van der Waals surface area (Å²) in [7, 11) is 1.51. The number of nitrogens with one attached hydrogen (secondary N) is 1. The van der Waals surface area contributed by atoms with E-state index in [1.165, 1.54) is 7.11 Å². The van der Waals surface area contributed by atoms with Crippen LogP contribution >= 0.6 is 0 Å². The number of amides is 1. The van der Waals surface area contributed by atoms with E-state index in [1.807, 2.05) is 31.2 Å². The van der Waals surface area contributed by atoms with Crippen molar-refractivity contribution in [1.29, 1.82) is 0 Å². The van der Waals surface area contributed by atoms with Gasteiger partial charge in [-0.25, -0.2) is 4.98 Å². The molecule has 1 aromatic heterocycles. The van der Waals surface area contributed by atoms with Gasteiger partial charge in [0.2, 0.25) is 5.91 Å². The first kappa shape index (κ1) is 13.5. The molecule has 1 N–H and O–H groups in total. The molecule has 102 valence electrons. The number of ether oxygens (including phenoxy) is 1. The van der Waals surface area contributed by atoms with Crippen molar-refractivity contribution in [3.8, 4) is 0 Å². The van der Waals surface area contributed by atoms with Crippen LogP contribution in [0.25, 0.3) is 11.0 Å². The van der Waals surface area contributed by atoms with E-state index in [2.05, 4.69) is 21.8 Å². The molecule has 0 bridgehead atoms. The number of para-hydroxylation sites is 2. The predicted octanol–water partition coefficient (Wildman–Crippen LogP) is 1.88. The van der Waals surface area contributed by atoms with Gasteiger partial charge in [-0.05, 0) is 26.0 Å². The second-order valence-corrected chi connectivity index (χ2v) is 4.43. The number of benzene rings is 1. The van der Waals surface area contributed by atoms with Crippen molar-refractivity contribution in [1.82, 2.24) is 14.9 Å². The molecule has 1 amide bonds. The Bertz CT molecular complexity index is 577. The average Bonchev–Trinajstić information content (AvgIpc) is 2.77. The standard InChI is InChI=1S/C14H19N3O2/c1-4-17-12-8-6-5-7-11(12)16-14(17)10(2)15-13(18)9-19-3/h5-8,10H,4,9H2,1-3H3,(H,15,18)/t10-/m0/s1. The van der Waals surface area contributed by atoms with Gasteiger partial charge < -0.3 is 14.6 Å². The highest BCUT2D eigenvalue weighted by Gasteiger charge is 2.17. The number of hydrogen-bond donors (Lipinski definition) is 1. The van der Waals surface area contributed by atoms with Crippen LogP contribution in [0.5, 0.6) is 0 Å². The van der Waals surface area contributed by atoms with Crippen molar-refractivity contribution in [2.45, 2.75) is 26.4 Å². The number of hydrogen-bond acceptors (Lipinski definition) is 3. The fraction of sp³-hybridized carbons (Fsp3) is 0.429.